The lowest BCUT2D eigenvalue weighted by Gasteiger charge is -2.50. The average Bonchev–Trinajstić information content (AvgIpc) is 3.52. The van der Waals surface area contributed by atoms with Gasteiger partial charge in [0.15, 0.2) is 0 Å². The molecule has 0 aromatic carbocycles. The number of unbranched alkanes of at least 4 members (excludes halogenated alkanes) is 15. The van der Waals surface area contributed by atoms with Gasteiger partial charge in [0, 0.05) is 0 Å². The van der Waals surface area contributed by atoms with Crippen LogP contribution in [0.5, 0.6) is 0 Å². The van der Waals surface area contributed by atoms with E-state index in [9.17, 15) is 0 Å². The minimum absolute atomic E-state index is 0. The standard InChI is InChI=1S/C23H46.C18H28.C9H16.6C2H6.3CH4/c1-4-6-8-10-11-12-13-14-15-16-17-18-20-22-23(3)21-19-9-7-5-2;1-12(2)15-9-10-16-17(11-15)13(3)18(16)14-7-5-4-6-8-14;1-8-6-4-3-5-7-9(8)2;6*1-2;;;/h3-22H2,1-2H3;13-15,18H,1,4-11H2,2-3H3;9H,1,3-7H2,2H3;6*1-2H3;3*1H4. The first kappa shape index (κ1) is 81.0. The molecule has 0 amide bonds. The van der Waals surface area contributed by atoms with Gasteiger partial charge in [0.25, 0.3) is 0 Å². The monoisotopic (exact) mass is 919 g/mol. The van der Waals surface area contributed by atoms with Crippen LogP contribution in [0.4, 0.5) is 0 Å². The summed E-state index contributed by atoms with van der Waals surface area (Å²) in [6.07, 6.45) is 45.3. The Morgan fingerprint density at radius 3 is 1.25 bits per heavy atom. The Hall–Kier alpha value is -1.04. The summed E-state index contributed by atoms with van der Waals surface area (Å²) in [6.45, 7) is 48.1. The molecule has 4 rings (SSSR count). The molecule has 0 aliphatic heterocycles. The van der Waals surface area contributed by atoms with E-state index >= 15 is 0 Å². The van der Waals surface area contributed by atoms with Crippen molar-refractivity contribution in [1.82, 2.24) is 0 Å². The minimum atomic E-state index is 0. The molecule has 2 fully saturated rings. The molecule has 4 unspecified atom stereocenters. The summed E-state index contributed by atoms with van der Waals surface area (Å²) in [4.78, 5) is 0. The van der Waals surface area contributed by atoms with Crippen molar-refractivity contribution in [2.24, 2.45) is 29.6 Å². The number of allylic oxidation sites excluding steroid dienone is 5. The maximum atomic E-state index is 4.25. The lowest BCUT2D eigenvalue weighted by atomic mass is 9.55. The fourth-order valence-corrected chi connectivity index (χ4v) is 9.63. The van der Waals surface area contributed by atoms with Crippen molar-refractivity contribution in [3.63, 3.8) is 0 Å². The molecule has 0 nitrogen and oxygen atoms in total. The fraction of sp³-hybridized carbons (Fsp3) is 0.877. The Kier molecular flexibility index (Phi) is 81.0. The highest BCUT2D eigenvalue weighted by Gasteiger charge is 2.43. The van der Waals surface area contributed by atoms with Crippen LogP contribution in [-0.4, -0.2) is 0 Å². The molecule has 65 heavy (non-hydrogen) atoms. The molecule has 0 aromatic heterocycles. The summed E-state index contributed by atoms with van der Waals surface area (Å²) < 4.78 is 0. The third-order valence-corrected chi connectivity index (χ3v) is 13.3. The number of hydrogen-bond acceptors (Lipinski definition) is 0. The van der Waals surface area contributed by atoms with Gasteiger partial charge in [-0.05, 0) is 114 Å². The quantitative estimate of drug-likeness (QED) is 0.0611. The molecule has 0 bridgehead atoms. The zero-order valence-electron chi connectivity index (χ0n) is 47.1. The van der Waals surface area contributed by atoms with Crippen molar-refractivity contribution < 1.29 is 0 Å². The third kappa shape index (κ3) is 44.0. The Labute approximate surface area is 420 Å². The van der Waals surface area contributed by atoms with Gasteiger partial charge in [0.1, 0.15) is 0 Å². The fourth-order valence-electron chi connectivity index (χ4n) is 9.63. The highest BCUT2D eigenvalue weighted by molar-refractivity contribution is 5.36. The van der Waals surface area contributed by atoms with Crippen LogP contribution in [-0.2, 0) is 0 Å². The van der Waals surface area contributed by atoms with Gasteiger partial charge in [-0.25, -0.2) is 0 Å². The van der Waals surface area contributed by atoms with E-state index in [0.717, 1.165) is 29.6 Å². The van der Waals surface area contributed by atoms with Crippen LogP contribution in [0.1, 0.15) is 345 Å². The lowest BCUT2D eigenvalue weighted by molar-refractivity contribution is 0.181. The average molecular weight is 920 g/mol. The molecule has 4 aliphatic rings. The zero-order chi connectivity index (χ0) is 48.4. The van der Waals surface area contributed by atoms with E-state index in [2.05, 4.69) is 54.4 Å². The molecular weight excluding hydrogens is 781 g/mol. The normalized spacial score (nSPS) is 18.9. The molecule has 0 radical (unpaired) electrons. The summed E-state index contributed by atoms with van der Waals surface area (Å²) in [5.74, 6) is 4.50. The van der Waals surface area contributed by atoms with Crippen LogP contribution in [0.3, 0.4) is 0 Å². The molecule has 0 heteroatoms. The maximum Gasteiger partial charge on any atom is -0.0109 e. The molecule has 0 heterocycles. The maximum absolute atomic E-state index is 4.25. The molecule has 0 spiro atoms. The predicted molar refractivity (Wildman–Crippen MR) is 316 cm³/mol. The molecule has 0 saturated heterocycles. The summed E-state index contributed by atoms with van der Waals surface area (Å²) in [5, 5.41) is 0. The van der Waals surface area contributed by atoms with E-state index in [1.807, 2.05) is 94.2 Å². The SMILES string of the molecule is C.C.C.C=C(C)C1CCC2=C(C1)C(C)C2C1CCCCC1.C=C(CCCCCC)CCCCCCCCCCCCCCC.C=C1CCCCCC1C.CC.CC.CC.CC.CC.CC. The van der Waals surface area contributed by atoms with E-state index in [0.29, 0.717) is 0 Å². The van der Waals surface area contributed by atoms with Crippen LogP contribution in [0, 0.1) is 29.6 Å². The van der Waals surface area contributed by atoms with Gasteiger partial charge in [-0.3, -0.25) is 0 Å². The Balaban J connectivity index is -0.000000115. The second-order valence-electron chi connectivity index (χ2n) is 17.8. The topological polar surface area (TPSA) is 0 Å². The number of rotatable bonds is 21. The van der Waals surface area contributed by atoms with Crippen molar-refractivity contribution in [3.8, 4) is 0 Å². The van der Waals surface area contributed by atoms with Crippen LogP contribution >= 0.6 is 0 Å². The van der Waals surface area contributed by atoms with E-state index in [4.69, 9.17) is 0 Å². The molecule has 4 atom stereocenters. The van der Waals surface area contributed by atoms with Gasteiger partial charge in [-0.2, -0.15) is 0 Å². The van der Waals surface area contributed by atoms with Crippen LogP contribution in [0.25, 0.3) is 0 Å². The second kappa shape index (κ2) is 65.0. The summed E-state index contributed by atoms with van der Waals surface area (Å²) in [6, 6.07) is 0. The van der Waals surface area contributed by atoms with Gasteiger partial charge in [0.2, 0.25) is 0 Å². The minimum Gasteiger partial charge on any atom is -0.0999 e. The first-order valence-electron chi connectivity index (χ1n) is 29.0. The van der Waals surface area contributed by atoms with E-state index in [1.165, 1.54) is 222 Å². The Morgan fingerprint density at radius 2 is 0.831 bits per heavy atom. The lowest BCUT2D eigenvalue weighted by Crippen LogP contribution is -2.38. The van der Waals surface area contributed by atoms with Crippen molar-refractivity contribution >= 4 is 0 Å². The van der Waals surface area contributed by atoms with Crippen molar-refractivity contribution in [3.05, 3.63) is 47.6 Å². The second-order valence-corrected chi connectivity index (χ2v) is 17.8. The van der Waals surface area contributed by atoms with E-state index < -0.39 is 0 Å². The van der Waals surface area contributed by atoms with Crippen molar-refractivity contribution in [2.45, 2.75) is 345 Å². The smallest absolute Gasteiger partial charge is 0.0109 e. The summed E-state index contributed by atoms with van der Waals surface area (Å²) in [7, 11) is 0. The van der Waals surface area contributed by atoms with Crippen molar-refractivity contribution in [1.29, 1.82) is 0 Å². The predicted octanol–water partition coefficient (Wildman–Crippen LogP) is 25.7. The molecule has 0 aromatic rings. The van der Waals surface area contributed by atoms with Gasteiger partial charge >= 0.3 is 0 Å². The molecule has 2 saturated carbocycles. The molecule has 398 valence electrons. The van der Waals surface area contributed by atoms with Gasteiger partial charge in [-0.15, -0.1) is 0 Å². The van der Waals surface area contributed by atoms with Crippen molar-refractivity contribution in [2.75, 3.05) is 0 Å². The van der Waals surface area contributed by atoms with Crippen LogP contribution < -0.4 is 0 Å². The van der Waals surface area contributed by atoms with Crippen LogP contribution in [0.15, 0.2) is 47.6 Å². The number of hydrogen-bond donors (Lipinski definition) is 0. The first-order chi connectivity index (χ1) is 30.3. The highest BCUT2D eigenvalue weighted by atomic mass is 14.5. The molecule has 0 N–H and O–H groups in total. The highest BCUT2D eigenvalue weighted by Crippen LogP contribution is 2.55. The molecule has 4 aliphatic carbocycles. The Morgan fingerprint density at radius 1 is 0.462 bits per heavy atom. The van der Waals surface area contributed by atoms with E-state index in [-0.39, 0.29) is 22.3 Å². The summed E-state index contributed by atoms with van der Waals surface area (Å²) in [5.41, 5.74) is 8.13. The summed E-state index contributed by atoms with van der Waals surface area (Å²) >= 11 is 0. The zero-order valence-corrected chi connectivity index (χ0v) is 47.1. The Bertz CT molecular complexity index is 924. The largest absolute Gasteiger partial charge is 0.0999 e. The van der Waals surface area contributed by atoms with E-state index in [1.54, 1.807) is 0 Å². The molecular formula is C65H138. The van der Waals surface area contributed by atoms with Gasteiger partial charge in [-0.1, -0.05) is 309 Å². The third-order valence-electron chi connectivity index (χ3n) is 13.3. The van der Waals surface area contributed by atoms with Gasteiger partial charge in [0.05, 0.1) is 0 Å². The van der Waals surface area contributed by atoms with Crippen LogP contribution in [0.2, 0.25) is 0 Å². The van der Waals surface area contributed by atoms with Gasteiger partial charge < -0.3 is 0 Å². The first-order valence-corrected chi connectivity index (χ1v) is 29.0.